The van der Waals surface area contributed by atoms with E-state index in [0.717, 1.165) is 10.1 Å². The predicted molar refractivity (Wildman–Crippen MR) is 148 cm³/mol. The number of aromatic nitrogens is 2. The number of nitrogens with zero attached hydrogens (tertiary/aromatic N) is 3. The average molecular weight is 584 g/mol. The number of pyridine rings is 2. The molecule has 3 heterocycles. The molecule has 2 atom stereocenters. The number of carbonyl (C=O) groups is 4. The number of rotatable bonds is 13. The summed E-state index contributed by atoms with van der Waals surface area (Å²) in [6, 6.07) is 11.5. The van der Waals surface area contributed by atoms with Crippen LogP contribution in [0.2, 0.25) is 0 Å². The molecule has 13 heteroatoms. The molecule has 0 aliphatic carbocycles. The molecule has 0 spiro atoms. The normalized spacial score (nSPS) is 14.5. The Morgan fingerprint density at radius 2 is 1.38 bits per heavy atom. The van der Waals surface area contributed by atoms with Gasteiger partial charge < -0.3 is 9.94 Å². The SMILES string of the molecule is CC(CCC(=O)O)SSc1ccccn1.CC(CCC(=O)ON1C(=O)CCC1=O)SSc1ccccn1. The van der Waals surface area contributed by atoms with Crippen LogP contribution in [0.5, 0.6) is 0 Å². The molecular formula is C24H29N3O6S4. The number of imide groups is 1. The van der Waals surface area contributed by atoms with E-state index in [2.05, 4.69) is 9.97 Å². The van der Waals surface area contributed by atoms with Gasteiger partial charge in [0.05, 0.1) is 0 Å². The molecule has 9 nitrogen and oxygen atoms in total. The second kappa shape index (κ2) is 17.3. The maximum Gasteiger partial charge on any atom is 0.333 e. The Morgan fingerprint density at radius 3 is 1.81 bits per heavy atom. The molecule has 200 valence electrons. The zero-order valence-corrected chi connectivity index (χ0v) is 23.7. The van der Waals surface area contributed by atoms with Crippen LogP contribution in [0.15, 0.2) is 58.8 Å². The van der Waals surface area contributed by atoms with Gasteiger partial charge in [0.2, 0.25) is 0 Å². The lowest BCUT2D eigenvalue weighted by molar-refractivity contribution is -0.197. The summed E-state index contributed by atoms with van der Waals surface area (Å²) in [7, 11) is 6.42. The van der Waals surface area contributed by atoms with Gasteiger partial charge in [0, 0.05) is 48.6 Å². The molecule has 2 aromatic rings. The number of carboxylic acids is 1. The van der Waals surface area contributed by atoms with Crippen LogP contribution in [-0.2, 0) is 24.0 Å². The Balaban J connectivity index is 0.000000281. The van der Waals surface area contributed by atoms with Gasteiger partial charge in [-0.15, -0.1) is 5.06 Å². The molecule has 2 amide bonds. The first kappa shape index (κ1) is 31.0. The van der Waals surface area contributed by atoms with E-state index in [1.165, 1.54) is 0 Å². The summed E-state index contributed by atoms with van der Waals surface area (Å²) in [5, 5.41) is 11.5. The van der Waals surface area contributed by atoms with E-state index in [0.29, 0.717) is 23.2 Å². The third-order valence-electron chi connectivity index (χ3n) is 4.59. The highest BCUT2D eigenvalue weighted by atomic mass is 33.1. The van der Waals surface area contributed by atoms with Crippen LogP contribution < -0.4 is 0 Å². The largest absolute Gasteiger partial charge is 0.481 e. The van der Waals surface area contributed by atoms with E-state index in [-0.39, 0.29) is 30.9 Å². The van der Waals surface area contributed by atoms with Gasteiger partial charge in [0.25, 0.3) is 11.8 Å². The average Bonchev–Trinajstić information content (AvgIpc) is 3.22. The highest BCUT2D eigenvalue weighted by molar-refractivity contribution is 8.77. The summed E-state index contributed by atoms with van der Waals surface area (Å²) in [6.45, 7) is 4.03. The zero-order chi connectivity index (χ0) is 27.0. The topological polar surface area (TPSA) is 127 Å². The molecule has 1 aliphatic heterocycles. The van der Waals surface area contributed by atoms with Gasteiger partial charge in [0.15, 0.2) is 0 Å². The smallest absolute Gasteiger partial charge is 0.333 e. The van der Waals surface area contributed by atoms with Crippen molar-refractivity contribution in [2.24, 2.45) is 0 Å². The molecule has 3 rings (SSSR count). The van der Waals surface area contributed by atoms with Crippen LogP contribution in [-0.4, -0.2) is 54.4 Å². The van der Waals surface area contributed by atoms with E-state index >= 15 is 0 Å². The highest BCUT2D eigenvalue weighted by Crippen LogP contribution is 2.35. The highest BCUT2D eigenvalue weighted by Gasteiger charge is 2.32. The molecule has 1 fully saturated rings. The minimum atomic E-state index is -0.731. The molecule has 37 heavy (non-hydrogen) atoms. The fourth-order valence-electron chi connectivity index (χ4n) is 2.61. The van der Waals surface area contributed by atoms with Crippen LogP contribution in [0, 0.1) is 0 Å². The van der Waals surface area contributed by atoms with Crippen molar-refractivity contribution in [2.75, 3.05) is 0 Å². The van der Waals surface area contributed by atoms with E-state index in [1.807, 2.05) is 50.2 Å². The van der Waals surface area contributed by atoms with Gasteiger partial charge in [-0.3, -0.25) is 14.4 Å². The maximum atomic E-state index is 11.7. The van der Waals surface area contributed by atoms with Crippen LogP contribution >= 0.6 is 43.2 Å². The molecule has 0 radical (unpaired) electrons. The summed E-state index contributed by atoms with van der Waals surface area (Å²) in [6.07, 6.45) is 5.39. The molecule has 0 bridgehead atoms. The van der Waals surface area contributed by atoms with Gasteiger partial charge in [0.1, 0.15) is 10.1 Å². The molecule has 1 aliphatic rings. The number of carbonyl (C=O) groups excluding carboxylic acids is 3. The van der Waals surface area contributed by atoms with Crippen LogP contribution in [0.3, 0.4) is 0 Å². The molecule has 1 N–H and O–H groups in total. The standard InChI is InChI=1S/C14H16N2O4S2.C10H13NO2S2/c1-10(21-22-11-4-2-3-9-15-11)5-8-14(19)20-16-12(17)6-7-13(16)18;1-8(5-6-10(12)13)14-15-9-4-2-3-7-11-9/h2-4,9-10H,5-8H2,1H3;2-4,7-8H,5-6H2,1H3,(H,12,13). The third-order valence-corrected chi connectivity index (χ3v) is 10.3. The summed E-state index contributed by atoms with van der Waals surface area (Å²) < 4.78 is 0. The second-order valence-electron chi connectivity index (χ2n) is 7.83. The number of hydrogen-bond donors (Lipinski definition) is 1. The van der Waals surface area contributed by atoms with Crippen molar-refractivity contribution < 1.29 is 29.1 Å². The minimum absolute atomic E-state index is 0.110. The van der Waals surface area contributed by atoms with Crippen LogP contribution in [0.25, 0.3) is 0 Å². The number of hydroxylamine groups is 2. The lowest BCUT2D eigenvalue weighted by Crippen LogP contribution is -2.32. The second-order valence-corrected chi connectivity index (χ2v) is 13.2. The number of hydrogen-bond acceptors (Lipinski definition) is 11. The molecule has 2 aromatic heterocycles. The Labute approximate surface area is 232 Å². The molecule has 0 saturated carbocycles. The van der Waals surface area contributed by atoms with Crippen LogP contribution in [0.4, 0.5) is 0 Å². The van der Waals surface area contributed by atoms with Gasteiger partial charge in [-0.05, 0) is 58.7 Å². The van der Waals surface area contributed by atoms with E-state index in [1.54, 1.807) is 55.6 Å². The summed E-state index contributed by atoms with van der Waals surface area (Å²) in [4.78, 5) is 57.9. The van der Waals surface area contributed by atoms with Crippen molar-refractivity contribution in [1.29, 1.82) is 0 Å². The van der Waals surface area contributed by atoms with Crippen molar-refractivity contribution in [3.8, 4) is 0 Å². The van der Waals surface area contributed by atoms with Crippen LogP contribution in [0.1, 0.15) is 52.4 Å². The molecule has 2 unspecified atom stereocenters. The lowest BCUT2D eigenvalue weighted by atomic mass is 10.2. The van der Waals surface area contributed by atoms with Gasteiger partial charge >= 0.3 is 11.9 Å². The van der Waals surface area contributed by atoms with Crippen molar-refractivity contribution in [1.82, 2.24) is 15.0 Å². The summed E-state index contributed by atoms with van der Waals surface area (Å²) in [5.74, 6) is -2.19. The fourth-order valence-corrected chi connectivity index (χ4v) is 6.78. The van der Waals surface area contributed by atoms with E-state index in [4.69, 9.17) is 9.94 Å². The number of carboxylic acid groups (broad SMARTS) is 1. The molecule has 0 aromatic carbocycles. The maximum absolute atomic E-state index is 11.7. The lowest BCUT2D eigenvalue weighted by Gasteiger charge is -2.13. The third kappa shape index (κ3) is 13.2. The Morgan fingerprint density at radius 1 is 0.892 bits per heavy atom. The van der Waals surface area contributed by atoms with Crippen molar-refractivity contribution in [2.45, 2.75) is 72.9 Å². The van der Waals surface area contributed by atoms with Gasteiger partial charge in [-0.25, -0.2) is 14.8 Å². The van der Waals surface area contributed by atoms with Crippen molar-refractivity contribution in [3.05, 3.63) is 48.8 Å². The van der Waals surface area contributed by atoms with E-state index in [9.17, 15) is 19.2 Å². The molecular weight excluding hydrogens is 555 g/mol. The zero-order valence-electron chi connectivity index (χ0n) is 20.5. The summed E-state index contributed by atoms with van der Waals surface area (Å²) >= 11 is 0. The van der Waals surface area contributed by atoms with Gasteiger partial charge in [-0.2, -0.15) is 0 Å². The van der Waals surface area contributed by atoms with E-state index < -0.39 is 23.8 Å². The first-order chi connectivity index (χ1) is 17.7. The summed E-state index contributed by atoms with van der Waals surface area (Å²) in [5.41, 5.74) is 0. The van der Waals surface area contributed by atoms with Crippen molar-refractivity contribution in [3.63, 3.8) is 0 Å². The Bertz CT molecular complexity index is 1000. The monoisotopic (exact) mass is 583 g/mol. The van der Waals surface area contributed by atoms with Crippen molar-refractivity contribution >= 4 is 66.9 Å². The number of amides is 2. The fraction of sp³-hybridized carbons (Fsp3) is 0.417. The molecule has 1 saturated heterocycles. The predicted octanol–water partition coefficient (Wildman–Crippen LogP) is 5.67. The Kier molecular flexibility index (Phi) is 14.5. The minimum Gasteiger partial charge on any atom is -0.481 e. The first-order valence-corrected chi connectivity index (χ1v) is 15.9. The quantitative estimate of drug-likeness (QED) is 0.230. The van der Waals surface area contributed by atoms with Gasteiger partial charge in [-0.1, -0.05) is 47.6 Å². The first-order valence-electron chi connectivity index (χ1n) is 11.5. The number of aliphatic carboxylic acids is 1. The Hall–Kier alpha value is -2.22.